The molecule has 0 spiro atoms. The summed E-state index contributed by atoms with van der Waals surface area (Å²) < 4.78 is 11.7. The highest BCUT2D eigenvalue weighted by molar-refractivity contribution is 5.95. The predicted octanol–water partition coefficient (Wildman–Crippen LogP) is 3.44. The van der Waals surface area contributed by atoms with E-state index in [9.17, 15) is 19.2 Å². The van der Waals surface area contributed by atoms with Crippen molar-refractivity contribution >= 4 is 23.6 Å². The molecule has 3 atom stereocenters. The maximum atomic E-state index is 13.8. The molecular weight excluding hydrogens is 584 g/mol. The van der Waals surface area contributed by atoms with Gasteiger partial charge in [-0.05, 0) is 92.5 Å². The summed E-state index contributed by atoms with van der Waals surface area (Å²) in [6, 6.07) is 13.6. The lowest BCUT2D eigenvalue weighted by atomic mass is 9.94. The van der Waals surface area contributed by atoms with Gasteiger partial charge in [0.25, 0.3) is 0 Å². The van der Waals surface area contributed by atoms with Gasteiger partial charge in [0.15, 0.2) is 0 Å². The van der Waals surface area contributed by atoms with Crippen molar-refractivity contribution in [2.24, 2.45) is 11.8 Å². The first-order valence-corrected chi connectivity index (χ1v) is 16.8. The van der Waals surface area contributed by atoms with E-state index in [0.29, 0.717) is 45.1 Å². The van der Waals surface area contributed by atoms with Crippen molar-refractivity contribution in [2.75, 3.05) is 32.9 Å². The Kier molecular flexibility index (Phi) is 12.1. The molecule has 2 heterocycles. The Labute approximate surface area is 272 Å². The molecule has 46 heavy (non-hydrogen) atoms. The van der Waals surface area contributed by atoms with Crippen LogP contribution in [0.4, 0.5) is 0 Å². The molecule has 248 valence electrons. The zero-order chi connectivity index (χ0) is 32.3. The zero-order valence-corrected chi connectivity index (χ0v) is 26.9. The third kappa shape index (κ3) is 10.3. The Morgan fingerprint density at radius 1 is 1.04 bits per heavy atom. The summed E-state index contributed by atoms with van der Waals surface area (Å²) in [7, 11) is 0. The Morgan fingerprint density at radius 2 is 1.87 bits per heavy atom. The molecule has 2 aromatic rings. The van der Waals surface area contributed by atoms with E-state index in [2.05, 4.69) is 16.0 Å². The number of rotatable bonds is 9. The van der Waals surface area contributed by atoms with Gasteiger partial charge in [-0.3, -0.25) is 19.2 Å². The van der Waals surface area contributed by atoms with E-state index in [1.807, 2.05) is 55.5 Å². The van der Waals surface area contributed by atoms with Crippen LogP contribution in [0.3, 0.4) is 0 Å². The molecule has 2 aromatic carbocycles. The van der Waals surface area contributed by atoms with E-state index in [0.717, 1.165) is 54.5 Å². The molecule has 1 saturated carbocycles. The fraction of sp³-hybridized carbons (Fsp3) is 0.556. The van der Waals surface area contributed by atoms with Crippen molar-refractivity contribution in [1.29, 1.82) is 0 Å². The van der Waals surface area contributed by atoms with E-state index >= 15 is 0 Å². The number of carbonyl (C=O) groups excluding carboxylic acids is 4. The summed E-state index contributed by atoms with van der Waals surface area (Å²) in [6.07, 6.45) is 5.81. The maximum Gasteiger partial charge on any atom is 0.243 e. The number of amides is 4. The molecule has 0 aromatic heterocycles. The van der Waals surface area contributed by atoms with Crippen LogP contribution in [-0.4, -0.2) is 73.5 Å². The topological polar surface area (TPSA) is 126 Å². The molecule has 5 rings (SSSR count). The molecule has 4 amide bonds. The quantitative estimate of drug-likeness (QED) is 0.364. The highest BCUT2D eigenvalue weighted by Gasteiger charge is 2.32. The van der Waals surface area contributed by atoms with Crippen LogP contribution in [0.1, 0.15) is 68.1 Å². The number of nitrogens with zero attached hydrogens (tertiary/aromatic N) is 1. The monoisotopic (exact) mass is 632 g/mol. The Hall–Kier alpha value is -3.92. The minimum atomic E-state index is -1.11. The summed E-state index contributed by atoms with van der Waals surface area (Å²) >= 11 is 0. The summed E-state index contributed by atoms with van der Waals surface area (Å²) in [5.74, 6) is 0.180. The number of carbonyl (C=O) groups is 4. The average Bonchev–Trinajstić information content (AvgIpc) is 3.89. The second-order valence-corrected chi connectivity index (χ2v) is 13.0. The molecule has 0 radical (unpaired) electrons. The molecule has 1 saturated heterocycles. The highest BCUT2D eigenvalue weighted by atomic mass is 16.5. The minimum absolute atomic E-state index is 0.0901. The van der Waals surface area contributed by atoms with Gasteiger partial charge in [-0.15, -0.1) is 0 Å². The van der Waals surface area contributed by atoms with Crippen molar-refractivity contribution in [3.63, 3.8) is 0 Å². The highest BCUT2D eigenvalue weighted by Crippen LogP contribution is 2.28. The Morgan fingerprint density at radius 3 is 2.67 bits per heavy atom. The van der Waals surface area contributed by atoms with Crippen LogP contribution >= 0.6 is 0 Å². The minimum Gasteiger partial charge on any atom is -0.494 e. The van der Waals surface area contributed by atoms with Gasteiger partial charge in [-0.1, -0.05) is 36.4 Å². The van der Waals surface area contributed by atoms with Crippen LogP contribution in [0, 0.1) is 18.8 Å². The van der Waals surface area contributed by atoms with Crippen LogP contribution in [0.5, 0.6) is 5.75 Å². The molecule has 1 aliphatic carbocycles. The second-order valence-electron chi connectivity index (χ2n) is 13.0. The van der Waals surface area contributed by atoms with Gasteiger partial charge in [0.2, 0.25) is 23.6 Å². The Bertz CT molecular complexity index is 1350. The number of hydrogen-bond acceptors (Lipinski definition) is 6. The van der Waals surface area contributed by atoms with Gasteiger partial charge in [-0.25, -0.2) is 0 Å². The summed E-state index contributed by atoms with van der Waals surface area (Å²) in [4.78, 5) is 55.8. The van der Waals surface area contributed by atoms with E-state index in [4.69, 9.17) is 9.47 Å². The molecule has 4 bridgehead atoms. The van der Waals surface area contributed by atoms with E-state index in [-0.39, 0.29) is 49.6 Å². The van der Waals surface area contributed by atoms with Crippen molar-refractivity contribution in [3.8, 4) is 5.75 Å². The molecule has 10 heteroatoms. The van der Waals surface area contributed by atoms with Crippen LogP contribution in [0.15, 0.2) is 48.5 Å². The lowest BCUT2D eigenvalue weighted by Gasteiger charge is -2.34. The molecular formula is C36H48N4O6. The lowest BCUT2D eigenvalue weighted by Crippen LogP contribution is -2.55. The van der Waals surface area contributed by atoms with E-state index < -0.39 is 18.0 Å². The van der Waals surface area contributed by atoms with E-state index in [1.165, 1.54) is 0 Å². The van der Waals surface area contributed by atoms with Crippen LogP contribution in [0.2, 0.25) is 0 Å². The first-order chi connectivity index (χ1) is 22.3. The molecule has 2 aliphatic heterocycles. The predicted molar refractivity (Wildman–Crippen MR) is 174 cm³/mol. The largest absolute Gasteiger partial charge is 0.494 e. The third-order valence-electron chi connectivity index (χ3n) is 9.19. The number of aryl methyl sites for hydroxylation is 2. The number of piperidine rings is 1. The van der Waals surface area contributed by atoms with Gasteiger partial charge in [0, 0.05) is 32.7 Å². The van der Waals surface area contributed by atoms with Gasteiger partial charge in [-0.2, -0.15) is 0 Å². The van der Waals surface area contributed by atoms with Gasteiger partial charge >= 0.3 is 0 Å². The van der Waals surface area contributed by atoms with Gasteiger partial charge in [0.05, 0.1) is 19.6 Å². The van der Waals surface area contributed by atoms with Crippen molar-refractivity contribution < 1.29 is 28.7 Å². The van der Waals surface area contributed by atoms with Gasteiger partial charge in [0.1, 0.15) is 17.8 Å². The lowest BCUT2D eigenvalue weighted by molar-refractivity contribution is -0.138. The molecule has 3 N–H and O–H groups in total. The maximum absolute atomic E-state index is 13.8. The standard InChI is InChI=1S/C36H48N4O6/c1-25-9-13-30-20-29(25)22-37-35(43)31(14-12-26-6-3-2-4-7-26)39-36(44)32(38-33(41)16-18-45-24-28-10-11-28)21-34(42)40-17-5-8-27(23-40)15-19-46-30/h2-4,6-7,9,13,20,27-28,31-32H,5,8,10-12,14-19,21-24H2,1H3,(H,37,43)(H,38,41)(H,39,44)/t27?,31-,32-/m0/s1. The van der Waals surface area contributed by atoms with E-state index in [1.54, 1.807) is 4.90 Å². The average molecular weight is 633 g/mol. The summed E-state index contributed by atoms with van der Waals surface area (Å²) in [6.45, 7) is 4.87. The Balaban J connectivity index is 1.34. The summed E-state index contributed by atoms with van der Waals surface area (Å²) in [5, 5.41) is 8.68. The number of hydrogen-bond donors (Lipinski definition) is 3. The number of fused-ring (bicyclic) bond motifs is 4. The smallest absolute Gasteiger partial charge is 0.243 e. The molecule has 2 fully saturated rings. The first kappa shape index (κ1) is 33.4. The fourth-order valence-electron chi connectivity index (χ4n) is 6.08. The molecule has 3 aliphatic rings. The van der Waals surface area contributed by atoms with Gasteiger partial charge < -0.3 is 30.3 Å². The van der Waals surface area contributed by atoms with Crippen molar-refractivity contribution in [2.45, 2.75) is 83.3 Å². The SMILES string of the molecule is Cc1ccc2cc1CNC(=O)[C@H](CCc1ccccc1)NC(=O)[C@@H](NC(=O)CCOCC1CC1)CC(=O)N1CCCC(CCO2)C1. The van der Waals surface area contributed by atoms with Crippen LogP contribution < -0.4 is 20.7 Å². The zero-order valence-electron chi connectivity index (χ0n) is 26.9. The van der Waals surface area contributed by atoms with Crippen LogP contribution in [0.25, 0.3) is 0 Å². The normalized spacial score (nSPS) is 22.9. The molecule has 10 nitrogen and oxygen atoms in total. The second kappa shape index (κ2) is 16.6. The number of benzene rings is 2. The fourth-order valence-corrected chi connectivity index (χ4v) is 6.08. The number of nitrogens with one attached hydrogen (secondary N) is 3. The van der Waals surface area contributed by atoms with Crippen LogP contribution in [-0.2, 0) is 36.9 Å². The van der Waals surface area contributed by atoms with Crippen molar-refractivity contribution in [3.05, 3.63) is 65.2 Å². The van der Waals surface area contributed by atoms with Crippen molar-refractivity contribution in [1.82, 2.24) is 20.9 Å². The third-order valence-corrected chi connectivity index (χ3v) is 9.19. The molecule has 1 unspecified atom stereocenters. The summed E-state index contributed by atoms with van der Waals surface area (Å²) in [5.41, 5.74) is 3.00. The number of ether oxygens (including phenoxy) is 2. The first-order valence-electron chi connectivity index (χ1n) is 16.8.